The molecule has 0 spiro atoms. The molecule has 51 heavy (non-hydrogen) atoms. The fraction of sp³-hybridized carbons (Fsp3) is 0.0625. The molecule has 0 saturated carbocycles. The summed E-state index contributed by atoms with van der Waals surface area (Å²) in [6.07, 6.45) is 6.06. The van der Waals surface area contributed by atoms with Crippen molar-refractivity contribution in [3.63, 3.8) is 0 Å². The zero-order valence-electron chi connectivity index (χ0n) is 26.1. The zero-order valence-corrected chi connectivity index (χ0v) is 27.7. The quantitative estimate of drug-likeness (QED) is 0.115. The molecular formula is C32H26ClN11O6S. The maximum atomic E-state index is 13.5. The summed E-state index contributed by atoms with van der Waals surface area (Å²) in [5, 5.41) is 36.2. The Kier molecular flexibility index (Phi) is 10.1. The lowest BCUT2D eigenvalue weighted by atomic mass is 10.0. The van der Waals surface area contributed by atoms with Crippen molar-refractivity contribution in [1.82, 2.24) is 50.2 Å². The fourth-order valence-electron chi connectivity index (χ4n) is 4.92. The number of H-pyrrole nitrogens is 1. The van der Waals surface area contributed by atoms with Crippen LogP contribution in [-0.2, 0) is 14.8 Å². The maximum absolute atomic E-state index is 13.5. The Morgan fingerprint density at radius 3 is 2.57 bits per heavy atom. The lowest BCUT2D eigenvalue weighted by Gasteiger charge is -2.19. The summed E-state index contributed by atoms with van der Waals surface area (Å²) >= 11 is 6.21. The Balaban J connectivity index is 1.30. The molecule has 1 unspecified atom stereocenters. The van der Waals surface area contributed by atoms with E-state index in [2.05, 4.69) is 46.2 Å². The second-order valence-corrected chi connectivity index (χ2v) is 12.9. The van der Waals surface area contributed by atoms with Gasteiger partial charge in [0.25, 0.3) is 5.56 Å². The van der Waals surface area contributed by atoms with Crippen molar-refractivity contribution < 1.29 is 23.1 Å². The van der Waals surface area contributed by atoms with Crippen molar-refractivity contribution in [3.05, 3.63) is 130 Å². The summed E-state index contributed by atoms with van der Waals surface area (Å²) in [4.78, 5) is 37.2. The van der Waals surface area contributed by atoms with E-state index in [0.717, 1.165) is 0 Å². The van der Waals surface area contributed by atoms with Gasteiger partial charge in [-0.15, -0.1) is 5.10 Å². The number of carbonyl (C=O) groups excluding carboxylic acids is 1. The van der Waals surface area contributed by atoms with E-state index in [1.165, 1.54) is 70.3 Å². The molecule has 3 heterocycles. The molecule has 0 aliphatic heterocycles. The summed E-state index contributed by atoms with van der Waals surface area (Å²) in [6.45, 7) is -0.374. The molecular weight excluding hydrogens is 702 g/mol. The van der Waals surface area contributed by atoms with Crippen LogP contribution in [0, 0.1) is 0 Å². The lowest BCUT2D eigenvalue weighted by molar-refractivity contribution is -0.117. The van der Waals surface area contributed by atoms with Gasteiger partial charge in [0.05, 0.1) is 33.6 Å². The number of hydrogen-bond donors (Lipinski definition) is 5. The highest BCUT2D eigenvalue weighted by Crippen LogP contribution is 2.23. The summed E-state index contributed by atoms with van der Waals surface area (Å²) in [5.41, 5.74) is 1.92. The van der Waals surface area contributed by atoms with Gasteiger partial charge in [-0.1, -0.05) is 29.8 Å². The van der Waals surface area contributed by atoms with Crippen LogP contribution in [0.1, 0.15) is 17.3 Å². The largest absolute Gasteiger partial charge is 0.465 e. The molecule has 2 amide bonds. The first-order valence-corrected chi connectivity index (χ1v) is 16.7. The summed E-state index contributed by atoms with van der Waals surface area (Å²) in [7, 11) is -4.14. The number of aromatic nitrogens is 8. The highest BCUT2D eigenvalue weighted by molar-refractivity contribution is 7.89. The second-order valence-electron chi connectivity index (χ2n) is 10.7. The van der Waals surface area contributed by atoms with Crippen molar-refractivity contribution in [3.8, 4) is 22.5 Å². The first kappa shape index (κ1) is 34.4. The van der Waals surface area contributed by atoms with Crippen molar-refractivity contribution >= 4 is 45.4 Å². The van der Waals surface area contributed by atoms with E-state index in [9.17, 15) is 22.8 Å². The number of carboxylic acid groups (broad SMARTS) is 1. The first-order valence-electron chi connectivity index (χ1n) is 14.9. The van der Waals surface area contributed by atoms with E-state index in [0.29, 0.717) is 27.5 Å². The number of rotatable bonds is 12. The fourth-order valence-corrected chi connectivity index (χ4v) is 6.18. The molecule has 17 nitrogen and oxygen atoms in total. The Morgan fingerprint density at radius 2 is 1.84 bits per heavy atom. The normalized spacial score (nSPS) is 12.1. The topological polar surface area (TPSA) is 232 Å². The van der Waals surface area contributed by atoms with E-state index in [4.69, 9.17) is 16.7 Å². The number of halogens is 1. The Bertz CT molecular complexity index is 2380. The number of aromatic amines is 1. The molecule has 0 aliphatic carbocycles. The molecule has 0 aliphatic rings. The standard InChI is InChI=1S/C32H26ClN11O6S/c33-22-8-11-29(44-19-34-41-42-44)21(15-22)7-12-30(45)38-28(18-36-51(49,50)25-4-1-3-24(16-25)43-14-2-13-35-43)27-17-26(31(46)40-39-27)20-5-9-23(10-6-20)37-32(47)48/h1-17,19,28,36-37H,18H2,(H,38,45)(H,40,46)(H,47,48). The maximum Gasteiger partial charge on any atom is 0.409 e. The number of benzene rings is 3. The van der Waals surface area contributed by atoms with Gasteiger partial charge in [0.1, 0.15) is 6.33 Å². The number of nitrogens with zero attached hydrogens (tertiary/aromatic N) is 7. The van der Waals surface area contributed by atoms with Gasteiger partial charge in [-0.2, -0.15) is 14.9 Å². The first-order chi connectivity index (χ1) is 24.6. The monoisotopic (exact) mass is 727 g/mol. The summed E-state index contributed by atoms with van der Waals surface area (Å²) in [6, 6.07) is 19.0. The predicted octanol–water partition coefficient (Wildman–Crippen LogP) is 3.19. The molecule has 3 aromatic carbocycles. The van der Waals surface area contributed by atoms with E-state index in [1.807, 2.05) is 0 Å². The van der Waals surface area contributed by atoms with E-state index in [-0.39, 0.29) is 28.4 Å². The Morgan fingerprint density at radius 1 is 1.02 bits per heavy atom. The van der Waals surface area contributed by atoms with Gasteiger partial charge in [0, 0.05) is 41.3 Å². The molecule has 19 heteroatoms. The van der Waals surface area contributed by atoms with Crippen LogP contribution in [0.5, 0.6) is 0 Å². The Labute approximate surface area is 293 Å². The Hall–Kier alpha value is -6.50. The lowest BCUT2D eigenvalue weighted by Crippen LogP contribution is -2.38. The highest BCUT2D eigenvalue weighted by Gasteiger charge is 2.22. The molecule has 0 fully saturated rings. The van der Waals surface area contributed by atoms with Gasteiger partial charge in [-0.05, 0) is 82.7 Å². The van der Waals surface area contributed by atoms with Gasteiger partial charge in [0.15, 0.2) is 0 Å². The highest BCUT2D eigenvalue weighted by atomic mass is 35.5. The number of tetrazole rings is 1. The number of anilines is 1. The SMILES string of the molecule is O=C(O)Nc1ccc(-c2cc(C(CNS(=O)(=O)c3cccc(-n4cccn4)c3)NC(=O)C=Cc3cc(Cl)ccc3-n3cnnn3)n[nH]c2=O)cc1. The van der Waals surface area contributed by atoms with Gasteiger partial charge < -0.3 is 10.4 Å². The van der Waals surface area contributed by atoms with Crippen LogP contribution in [0.4, 0.5) is 10.5 Å². The minimum absolute atomic E-state index is 0.0539. The molecule has 3 aromatic heterocycles. The van der Waals surface area contributed by atoms with E-state index in [1.54, 1.807) is 48.8 Å². The number of hydrogen-bond acceptors (Lipinski definition) is 10. The van der Waals surface area contributed by atoms with Crippen LogP contribution in [0.25, 0.3) is 28.6 Å². The molecule has 5 N–H and O–H groups in total. The van der Waals surface area contributed by atoms with E-state index < -0.39 is 33.6 Å². The average molecular weight is 728 g/mol. The van der Waals surface area contributed by atoms with Crippen molar-refractivity contribution in [2.45, 2.75) is 10.9 Å². The van der Waals surface area contributed by atoms with Crippen LogP contribution in [0.2, 0.25) is 5.02 Å². The van der Waals surface area contributed by atoms with Crippen LogP contribution in [0.3, 0.4) is 0 Å². The number of sulfonamides is 1. The summed E-state index contributed by atoms with van der Waals surface area (Å²) < 4.78 is 32.4. The minimum Gasteiger partial charge on any atom is -0.465 e. The minimum atomic E-state index is -4.14. The van der Waals surface area contributed by atoms with E-state index >= 15 is 0 Å². The van der Waals surface area contributed by atoms with Crippen LogP contribution < -0.4 is 20.9 Å². The smallest absolute Gasteiger partial charge is 0.409 e. The average Bonchev–Trinajstić information content (AvgIpc) is 3.86. The molecule has 6 rings (SSSR count). The van der Waals surface area contributed by atoms with Gasteiger partial charge in [0.2, 0.25) is 15.9 Å². The van der Waals surface area contributed by atoms with Crippen molar-refractivity contribution in [1.29, 1.82) is 0 Å². The zero-order chi connectivity index (χ0) is 36.0. The van der Waals surface area contributed by atoms with Crippen molar-refractivity contribution in [2.75, 3.05) is 11.9 Å². The number of carbonyl (C=O) groups is 2. The predicted molar refractivity (Wildman–Crippen MR) is 185 cm³/mol. The van der Waals surface area contributed by atoms with Crippen LogP contribution >= 0.6 is 11.6 Å². The van der Waals surface area contributed by atoms with Gasteiger partial charge in [-0.3, -0.25) is 14.9 Å². The van der Waals surface area contributed by atoms with Gasteiger partial charge in [-0.25, -0.2) is 27.7 Å². The third kappa shape index (κ3) is 8.39. The molecule has 0 bridgehead atoms. The third-order valence-electron chi connectivity index (χ3n) is 7.32. The van der Waals surface area contributed by atoms with Gasteiger partial charge >= 0.3 is 6.09 Å². The third-order valence-corrected chi connectivity index (χ3v) is 8.97. The molecule has 0 radical (unpaired) electrons. The second kappa shape index (κ2) is 14.9. The molecule has 6 aromatic rings. The van der Waals surface area contributed by atoms with Crippen LogP contribution in [0.15, 0.2) is 113 Å². The number of amides is 2. The van der Waals surface area contributed by atoms with Crippen molar-refractivity contribution in [2.24, 2.45) is 0 Å². The summed E-state index contributed by atoms with van der Waals surface area (Å²) in [5.74, 6) is -0.638. The molecule has 1 atom stereocenters. The molecule has 258 valence electrons. The molecule has 0 saturated heterocycles. The van der Waals surface area contributed by atoms with Crippen LogP contribution in [-0.4, -0.2) is 72.3 Å². The number of nitrogens with one attached hydrogen (secondary N) is 4.